The zero-order chi connectivity index (χ0) is 17.4. The predicted octanol–water partition coefficient (Wildman–Crippen LogP) is 3.14. The normalized spacial score (nSPS) is 22.1. The van der Waals surface area contributed by atoms with Gasteiger partial charge in [-0.25, -0.2) is 4.79 Å². The van der Waals surface area contributed by atoms with Crippen LogP contribution in [0.4, 0.5) is 4.79 Å². The van der Waals surface area contributed by atoms with Gasteiger partial charge in [-0.15, -0.1) is 6.58 Å². The first-order chi connectivity index (χ1) is 11.5. The summed E-state index contributed by atoms with van der Waals surface area (Å²) in [4.78, 5) is 29.2. The van der Waals surface area contributed by atoms with Crippen LogP contribution in [0.1, 0.15) is 32.4 Å². The highest BCUT2D eigenvalue weighted by Crippen LogP contribution is 2.38. The Balaban J connectivity index is 2.03. The summed E-state index contributed by atoms with van der Waals surface area (Å²) in [6, 6.07) is 1.55. The molecule has 0 fully saturated rings. The molecule has 128 valence electrons. The summed E-state index contributed by atoms with van der Waals surface area (Å²) < 4.78 is 0. The highest BCUT2D eigenvalue weighted by Gasteiger charge is 2.45. The van der Waals surface area contributed by atoms with E-state index < -0.39 is 0 Å². The van der Waals surface area contributed by atoms with Crippen molar-refractivity contribution in [2.45, 2.75) is 32.9 Å². The molecule has 3 heterocycles. The molecule has 24 heavy (non-hydrogen) atoms. The average molecular weight is 345 g/mol. The van der Waals surface area contributed by atoms with Gasteiger partial charge in [-0.1, -0.05) is 19.9 Å². The highest BCUT2D eigenvalue weighted by molar-refractivity contribution is 7.08. The smallest absolute Gasteiger partial charge is 0.322 e. The van der Waals surface area contributed by atoms with Crippen molar-refractivity contribution in [2.75, 3.05) is 13.1 Å². The summed E-state index contributed by atoms with van der Waals surface area (Å²) in [5.41, 5.74) is 2.47. The van der Waals surface area contributed by atoms with E-state index in [0.29, 0.717) is 24.6 Å². The molecule has 1 N–H and O–H groups in total. The van der Waals surface area contributed by atoms with Crippen LogP contribution in [-0.4, -0.2) is 40.9 Å². The maximum absolute atomic E-state index is 13.1. The van der Waals surface area contributed by atoms with Crippen molar-refractivity contribution in [2.24, 2.45) is 5.92 Å². The number of nitrogens with zero attached hydrogens (tertiary/aromatic N) is 2. The molecule has 0 saturated heterocycles. The van der Waals surface area contributed by atoms with E-state index >= 15 is 0 Å². The zero-order valence-electron chi connectivity index (χ0n) is 14.3. The fraction of sp³-hybridized carbons (Fsp3) is 0.444. The number of hydrogen-bond acceptors (Lipinski definition) is 3. The Morgan fingerprint density at radius 2 is 2.17 bits per heavy atom. The van der Waals surface area contributed by atoms with Crippen LogP contribution in [0.2, 0.25) is 0 Å². The van der Waals surface area contributed by atoms with Crippen molar-refractivity contribution in [3.63, 3.8) is 0 Å². The molecule has 3 amide bonds. The molecular formula is C18H23N3O2S. The second-order valence-corrected chi connectivity index (χ2v) is 7.40. The number of amides is 3. The lowest BCUT2D eigenvalue weighted by molar-refractivity contribution is -0.128. The van der Waals surface area contributed by atoms with Gasteiger partial charge in [0, 0.05) is 12.6 Å². The summed E-state index contributed by atoms with van der Waals surface area (Å²) in [6.45, 7) is 10.9. The number of thiophene rings is 1. The lowest BCUT2D eigenvalue weighted by atomic mass is 9.97. The van der Waals surface area contributed by atoms with E-state index in [4.69, 9.17) is 0 Å². The van der Waals surface area contributed by atoms with Crippen LogP contribution in [0.5, 0.6) is 0 Å². The minimum absolute atomic E-state index is 0.0245. The maximum atomic E-state index is 13.1. The van der Waals surface area contributed by atoms with Crippen LogP contribution in [0.3, 0.4) is 0 Å². The van der Waals surface area contributed by atoms with Gasteiger partial charge in [0.05, 0.1) is 23.9 Å². The molecule has 2 atom stereocenters. The molecule has 2 aliphatic rings. The number of nitrogens with one attached hydrogen (secondary N) is 1. The summed E-state index contributed by atoms with van der Waals surface area (Å²) in [7, 11) is 0. The van der Waals surface area contributed by atoms with Gasteiger partial charge >= 0.3 is 6.03 Å². The van der Waals surface area contributed by atoms with Crippen molar-refractivity contribution in [3.05, 3.63) is 46.3 Å². The number of rotatable bonds is 5. The summed E-state index contributed by atoms with van der Waals surface area (Å²) >= 11 is 1.56. The SMILES string of the molecule is C=CCN1C(=O)NC(c2ccsc2)C2=C1CN(C(C)C(C)C)C2=O. The van der Waals surface area contributed by atoms with Gasteiger partial charge in [0.2, 0.25) is 0 Å². The van der Waals surface area contributed by atoms with Crippen LogP contribution in [0, 0.1) is 5.92 Å². The lowest BCUT2D eigenvalue weighted by Crippen LogP contribution is -2.47. The Labute approximate surface area is 146 Å². The number of urea groups is 1. The highest BCUT2D eigenvalue weighted by atomic mass is 32.1. The van der Waals surface area contributed by atoms with Crippen molar-refractivity contribution < 1.29 is 9.59 Å². The van der Waals surface area contributed by atoms with Gasteiger partial charge in [-0.2, -0.15) is 11.3 Å². The van der Waals surface area contributed by atoms with Crippen LogP contribution in [-0.2, 0) is 4.79 Å². The van der Waals surface area contributed by atoms with Gasteiger partial charge in [0.1, 0.15) is 0 Å². The Morgan fingerprint density at radius 1 is 1.42 bits per heavy atom. The van der Waals surface area contributed by atoms with Crippen LogP contribution in [0.25, 0.3) is 0 Å². The van der Waals surface area contributed by atoms with E-state index in [1.54, 1.807) is 22.3 Å². The fourth-order valence-corrected chi connectivity index (χ4v) is 3.90. The van der Waals surface area contributed by atoms with Gasteiger partial charge < -0.3 is 10.2 Å². The van der Waals surface area contributed by atoms with Crippen molar-refractivity contribution in [1.82, 2.24) is 15.1 Å². The van der Waals surface area contributed by atoms with E-state index in [-0.39, 0.29) is 24.0 Å². The van der Waals surface area contributed by atoms with Crippen molar-refractivity contribution >= 4 is 23.3 Å². The van der Waals surface area contributed by atoms with Crippen LogP contribution < -0.4 is 5.32 Å². The molecule has 1 aromatic heterocycles. The molecule has 2 unspecified atom stereocenters. The van der Waals surface area contributed by atoms with E-state index in [0.717, 1.165) is 11.3 Å². The average Bonchev–Trinajstić information content (AvgIpc) is 3.18. The summed E-state index contributed by atoms with van der Waals surface area (Å²) in [5.74, 6) is 0.378. The van der Waals surface area contributed by atoms with Crippen LogP contribution >= 0.6 is 11.3 Å². The molecule has 3 rings (SSSR count). The van der Waals surface area contributed by atoms with E-state index in [9.17, 15) is 9.59 Å². The number of hydrogen-bond donors (Lipinski definition) is 1. The fourth-order valence-electron chi connectivity index (χ4n) is 3.21. The molecule has 0 radical (unpaired) electrons. The standard InChI is InChI=1S/C18H23N3O2S/c1-5-7-20-14-9-21(12(4)11(2)3)17(22)15(14)16(19-18(20)23)13-6-8-24-10-13/h5-6,8,10-12,16H,1,7,9H2,2-4H3,(H,19,23). The van der Waals surface area contributed by atoms with E-state index in [1.807, 2.05) is 21.7 Å². The quantitative estimate of drug-likeness (QED) is 0.834. The molecule has 0 aromatic carbocycles. The Bertz CT molecular complexity index is 693. The Kier molecular flexibility index (Phi) is 4.49. The monoisotopic (exact) mass is 345 g/mol. The third kappa shape index (κ3) is 2.65. The predicted molar refractivity (Wildman–Crippen MR) is 95.5 cm³/mol. The van der Waals surface area contributed by atoms with E-state index in [2.05, 4.69) is 32.7 Å². The second kappa shape index (κ2) is 6.43. The van der Waals surface area contributed by atoms with E-state index in [1.165, 1.54) is 0 Å². The molecule has 0 saturated carbocycles. The van der Waals surface area contributed by atoms with Crippen molar-refractivity contribution in [3.8, 4) is 0 Å². The molecule has 5 nitrogen and oxygen atoms in total. The zero-order valence-corrected chi connectivity index (χ0v) is 15.1. The molecule has 2 aliphatic heterocycles. The van der Waals surface area contributed by atoms with Gasteiger partial charge in [-0.3, -0.25) is 9.69 Å². The third-order valence-electron chi connectivity index (χ3n) is 4.89. The minimum Gasteiger partial charge on any atom is -0.330 e. The first-order valence-corrected chi connectivity index (χ1v) is 9.15. The minimum atomic E-state index is -0.364. The molecule has 0 aliphatic carbocycles. The van der Waals surface area contributed by atoms with Crippen molar-refractivity contribution in [1.29, 1.82) is 0 Å². The maximum Gasteiger partial charge on any atom is 0.322 e. The first-order valence-electron chi connectivity index (χ1n) is 8.20. The van der Waals surface area contributed by atoms with Crippen LogP contribution in [0.15, 0.2) is 40.8 Å². The largest absolute Gasteiger partial charge is 0.330 e. The molecule has 0 bridgehead atoms. The summed E-state index contributed by atoms with van der Waals surface area (Å²) in [5, 5.41) is 6.94. The Hall–Kier alpha value is -2.08. The molecule has 1 aromatic rings. The van der Waals surface area contributed by atoms with Gasteiger partial charge in [0.15, 0.2) is 0 Å². The lowest BCUT2D eigenvalue weighted by Gasteiger charge is -2.32. The van der Waals surface area contributed by atoms with Gasteiger partial charge in [-0.05, 0) is 35.2 Å². The molecule has 0 spiro atoms. The topological polar surface area (TPSA) is 52.7 Å². The first kappa shape index (κ1) is 16.8. The summed E-state index contributed by atoms with van der Waals surface area (Å²) in [6.07, 6.45) is 1.69. The number of carbonyl (C=O) groups is 2. The molecule has 6 heteroatoms. The molecular weight excluding hydrogens is 322 g/mol. The van der Waals surface area contributed by atoms with Gasteiger partial charge in [0.25, 0.3) is 5.91 Å². The third-order valence-corrected chi connectivity index (χ3v) is 5.60. The Morgan fingerprint density at radius 3 is 2.75 bits per heavy atom. The number of carbonyl (C=O) groups excluding carboxylic acids is 2. The second-order valence-electron chi connectivity index (χ2n) is 6.62.